The number of carbonyl (C=O) groups is 2. The molecular formula is C22H14ClF3N2O2S. The molecule has 0 saturated carbocycles. The molecule has 0 spiro atoms. The summed E-state index contributed by atoms with van der Waals surface area (Å²) in [6.45, 7) is 1.79. The summed E-state index contributed by atoms with van der Waals surface area (Å²) in [6.07, 6.45) is -4.54. The van der Waals surface area contributed by atoms with Crippen LogP contribution in [0.15, 0.2) is 65.7 Å². The van der Waals surface area contributed by atoms with Gasteiger partial charge in [0.25, 0.3) is 11.8 Å². The number of nitrogens with zero attached hydrogens (tertiary/aromatic N) is 1. The molecular weight excluding hydrogens is 449 g/mol. The second-order valence-electron chi connectivity index (χ2n) is 6.81. The smallest absolute Gasteiger partial charge is 0.350 e. The molecule has 0 aliphatic carbocycles. The van der Waals surface area contributed by atoms with Gasteiger partial charge in [0.1, 0.15) is 5.70 Å². The first-order valence-electron chi connectivity index (χ1n) is 9.04. The van der Waals surface area contributed by atoms with E-state index in [2.05, 4.69) is 5.32 Å². The number of halogens is 4. The first kappa shape index (κ1) is 21.1. The maximum Gasteiger partial charge on any atom is 0.416 e. The van der Waals surface area contributed by atoms with Gasteiger partial charge in [0.15, 0.2) is 0 Å². The molecule has 158 valence electrons. The fraction of sp³-hybridized carbons (Fsp3) is 0.0909. The average molecular weight is 463 g/mol. The lowest BCUT2D eigenvalue weighted by Gasteiger charge is -2.16. The Kier molecular flexibility index (Phi) is 5.36. The van der Waals surface area contributed by atoms with E-state index in [9.17, 15) is 22.8 Å². The highest BCUT2D eigenvalue weighted by Gasteiger charge is 2.41. The molecule has 0 unspecified atom stereocenters. The summed E-state index contributed by atoms with van der Waals surface area (Å²) in [5.74, 6) is -1.26. The zero-order chi connectivity index (χ0) is 22.3. The van der Waals surface area contributed by atoms with Gasteiger partial charge in [-0.3, -0.25) is 9.59 Å². The summed E-state index contributed by atoms with van der Waals surface area (Å²) in [7, 11) is 0. The van der Waals surface area contributed by atoms with Crippen LogP contribution in [-0.4, -0.2) is 11.8 Å². The molecule has 1 aliphatic rings. The van der Waals surface area contributed by atoms with Crippen molar-refractivity contribution in [2.45, 2.75) is 13.1 Å². The van der Waals surface area contributed by atoms with E-state index in [1.54, 1.807) is 36.6 Å². The van der Waals surface area contributed by atoms with E-state index in [-0.39, 0.29) is 22.6 Å². The van der Waals surface area contributed by atoms with Crippen molar-refractivity contribution in [1.82, 2.24) is 0 Å². The first-order chi connectivity index (χ1) is 14.7. The standard InChI is InChI=1S/C22H14ClF3N2O2S/c1-12-7-8-15(11-16(12)23)28-20(29)18(17-6-3-9-31-17)19(21(28)30)27-14-5-2-4-13(10-14)22(24,25)26/h2-11,27H,1H3. The van der Waals surface area contributed by atoms with Crippen molar-refractivity contribution in [2.75, 3.05) is 10.2 Å². The largest absolute Gasteiger partial charge is 0.416 e. The van der Waals surface area contributed by atoms with Crippen LogP contribution in [0.3, 0.4) is 0 Å². The van der Waals surface area contributed by atoms with Crippen LogP contribution in [0.2, 0.25) is 5.02 Å². The molecule has 2 heterocycles. The number of anilines is 2. The number of aryl methyl sites for hydroxylation is 1. The summed E-state index contributed by atoms with van der Waals surface area (Å²) in [6, 6.07) is 12.6. The van der Waals surface area contributed by atoms with Crippen molar-refractivity contribution in [2.24, 2.45) is 0 Å². The molecule has 0 saturated heterocycles. The molecule has 3 aromatic rings. The number of imide groups is 1. The van der Waals surface area contributed by atoms with Crippen molar-refractivity contribution >= 4 is 51.7 Å². The molecule has 0 atom stereocenters. The number of amides is 2. The average Bonchev–Trinajstić information content (AvgIpc) is 3.31. The van der Waals surface area contributed by atoms with Gasteiger partial charge in [-0.15, -0.1) is 11.3 Å². The molecule has 31 heavy (non-hydrogen) atoms. The van der Waals surface area contributed by atoms with Gasteiger partial charge in [-0.2, -0.15) is 13.2 Å². The number of nitrogens with one attached hydrogen (secondary N) is 1. The van der Waals surface area contributed by atoms with Gasteiger partial charge in [0.2, 0.25) is 0 Å². The monoisotopic (exact) mass is 462 g/mol. The van der Waals surface area contributed by atoms with E-state index < -0.39 is 23.6 Å². The summed E-state index contributed by atoms with van der Waals surface area (Å²) in [5.41, 5.74) is 0.231. The molecule has 1 aliphatic heterocycles. The zero-order valence-corrected chi connectivity index (χ0v) is 17.5. The zero-order valence-electron chi connectivity index (χ0n) is 16.0. The Morgan fingerprint density at radius 2 is 1.77 bits per heavy atom. The SMILES string of the molecule is Cc1ccc(N2C(=O)C(Nc3cccc(C(F)(F)F)c3)=C(c3cccs3)C2=O)cc1Cl. The highest BCUT2D eigenvalue weighted by Crippen LogP contribution is 2.37. The summed E-state index contributed by atoms with van der Waals surface area (Å²) in [4.78, 5) is 27.9. The number of alkyl halides is 3. The van der Waals surface area contributed by atoms with Crippen LogP contribution >= 0.6 is 22.9 Å². The lowest BCUT2D eigenvalue weighted by Crippen LogP contribution is -2.32. The Balaban J connectivity index is 1.79. The van der Waals surface area contributed by atoms with Crippen LogP contribution in [-0.2, 0) is 15.8 Å². The molecule has 1 aromatic heterocycles. The maximum atomic E-state index is 13.2. The number of thiophene rings is 1. The molecule has 1 N–H and O–H groups in total. The van der Waals surface area contributed by atoms with Crippen LogP contribution in [0, 0.1) is 6.92 Å². The Morgan fingerprint density at radius 3 is 2.42 bits per heavy atom. The third kappa shape index (κ3) is 3.96. The molecule has 2 aromatic carbocycles. The van der Waals surface area contributed by atoms with Crippen molar-refractivity contribution in [3.8, 4) is 0 Å². The van der Waals surface area contributed by atoms with Gasteiger partial charge in [-0.05, 0) is 54.3 Å². The topological polar surface area (TPSA) is 49.4 Å². The Bertz CT molecular complexity index is 1220. The number of benzene rings is 2. The third-order valence-electron chi connectivity index (χ3n) is 4.72. The normalized spacial score (nSPS) is 14.5. The Labute approximate surface area is 184 Å². The van der Waals surface area contributed by atoms with Gasteiger partial charge in [-0.1, -0.05) is 29.8 Å². The lowest BCUT2D eigenvalue weighted by atomic mass is 10.1. The predicted octanol–water partition coefficient (Wildman–Crippen LogP) is 6.13. The molecule has 2 amide bonds. The molecule has 4 nitrogen and oxygen atoms in total. The van der Waals surface area contributed by atoms with Gasteiger partial charge < -0.3 is 5.32 Å². The Hall–Kier alpha value is -3.10. The van der Waals surface area contributed by atoms with Gasteiger partial charge in [-0.25, -0.2) is 4.90 Å². The minimum absolute atomic E-state index is 0.0452. The van der Waals surface area contributed by atoms with Gasteiger partial charge in [0, 0.05) is 15.6 Å². The highest BCUT2D eigenvalue weighted by atomic mass is 35.5. The summed E-state index contributed by atoms with van der Waals surface area (Å²) >= 11 is 7.41. The lowest BCUT2D eigenvalue weighted by molar-refractivity contribution is -0.137. The molecule has 4 rings (SSSR count). The Morgan fingerprint density at radius 1 is 1.00 bits per heavy atom. The van der Waals surface area contributed by atoms with Crippen molar-refractivity contribution in [3.05, 3.63) is 86.7 Å². The molecule has 9 heteroatoms. The van der Waals surface area contributed by atoms with Crippen molar-refractivity contribution in [3.63, 3.8) is 0 Å². The van der Waals surface area contributed by atoms with E-state index in [0.29, 0.717) is 9.90 Å². The summed E-state index contributed by atoms with van der Waals surface area (Å²) in [5, 5.41) is 4.87. The van der Waals surface area contributed by atoms with Crippen molar-refractivity contribution in [1.29, 1.82) is 0 Å². The number of rotatable bonds is 4. The van der Waals surface area contributed by atoms with E-state index in [0.717, 1.165) is 22.6 Å². The van der Waals surface area contributed by atoms with E-state index in [4.69, 9.17) is 11.6 Å². The second-order valence-corrected chi connectivity index (χ2v) is 8.16. The minimum Gasteiger partial charge on any atom is -0.350 e. The number of hydrogen-bond acceptors (Lipinski definition) is 4. The first-order valence-corrected chi connectivity index (χ1v) is 10.3. The fourth-order valence-electron chi connectivity index (χ4n) is 3.17. The van der Waals surface area contributed by atoms with Crippen LogP contribution < -0.4 is 10.2 Å². The van der Waals surface area contributed by atoms with E-state index >= 15 is 0 Å². The fourth-order valence-corrected chi connectivity index (χ4v) is 4.11. The number of hydrogen-bond donors (Lipinski definition) is 1. The van der Waals surface area contributed by atoms with Crippen molar-refractivity contribution < 1.29 is 22.8 Å². The summed E-state index contributed by atoms with van der Waals surface area (Å²) < 4.78 is 39.3. The molecule has 0 fully saturated rings. The maximum absolute atomic E-state index is 13.2. The predicted molar refractivity (Wildman–Crippen MR) is 115 cm³/mol. The highest BCUT2D eigenvalue weighted by molar-refractivity contribution is 7.11. The second kappa shape index (κ2) is 7.86. The third-order valence-corrected chi connectivity index (χ3v) is 6.02. The van der Waals surface area contributed by atoms with Gasteiger partial charge >= 0.3 is 6.18 Å². The van der Waals surface area contributed by atoms with E-state index in [1.807, 2.05) is 0 Å². The number of carbonyl (C=O) groups excluding carboxylic acids is 2. The quantitative estimate of drug-likeness (QED) is 0.475. The molecule has 0 radical (unpaired) electrons. The van der Waals surface area contributed by atoms with Crippen LogP contribution in [0.25, 0.3) is 5.57 Å². The van der Waals surface area contributed by atoms with Crippen LogP contribution in [0.5, 0.6) is 0 Å². The molecule has 0 bridgehead atoms. The van der Waals surface area contributed by atoms with Crippen LogP contribution in [0.4, 0.5) is 24.5 Å². The van der Waals surface area contributed by atoms with Gasteiger partial charge in [0.05, 0.1) is 16.8 Å². The van der Waals surface area contributed by atoms with Crippen LogP contribution in [0.1, 0.15) is 16.0 Å². The van der Waals surface area contributed by atoms with E-state index in [1.165, 1.54) is 29.5 Å². The minimum atomic E-state index is -4.54.